The molecule has 1 aromatic carbocycles. The van der Waals surface area contributed by atoms with E-state index in [2.05, 4.69) is 26.1 Å². The van der Waals surface area contributed by atoms with Crippen molar-refractivity contribution in [1.82, 2.24) is 20.0 Å². The summed E-state index contributed by atoms with van der Waals surface area (Å²) in [6.45, 7) is 6.97. The Hall–Kier alpha value is -2.35. The first-order chi connectivity index (χ1) is 18.3. The van der Waals surface area contributed by atoms with E-state index in [0.29, 0.717) is 12.0 Å². The summed E-state index contributed by atoms with van der Waals surface area (Å²) < 4.78 is 42.6. The van der Waals surface area contributed by atoms with Crippen LogP contribution >= 0.6 is 0 Å². The summed E-state index contributed by atoms with van der Waals surface area (Å²) >= 11 is 0. The molecule has 4 saturated carbocycles. The highest BCUT2D eigenvalue weighted by Gasteiger charge is 2.52. The predicted octanol–water partition coefficient (Wildman–Crippen LogP) is 6.52. The zero-order valence-electron chi connectivity index (χ0n) is 23.5. The molecule has 2 aromatic rings. The molecule has 2 heterocycles. The van der Waals surface area contributed by atoms with Gasteiger partial charge in [-0.3, -0.25) is 14.8 Å². The molecule has 5 aliphatic rings. The van der Waals surface area contributed by atoms with Gasteiger partial charge in [-0.15, -0.1) is 0 Å². The van der Waals surface area contributed by atoms with Crippen molar-refractivity contribution in [3.63, 3.8) is 0 Å². The number of hydrogen-bond donors (Lipinski definition) is 1. The Morgan fingerprint density at radius 2 is 1.69 bits per heavy atom. The highest BCUT2D eigenvalue weighted by atomic mass is 19.4. The van der Waals surface area contributed by atoms with E-state index < -0.39 is 23.8 Å². The standard InChI is InChI=1S/C31H41F3N4O/c1-29(2,3)38-9-8-25(36-38)24-14-26(35-27(24)22-6-5-7-23(13-22)31(32,33)34)28(39)37(4)18-30-15-19-10-20(16-30)12-21(11-19)17-30/h5-9,13,19-21,24,26-27,35H,10-12,14-18H2,1-4H3/t19?,20?,21?,24?,26-,27-,30?/m0/s1. The number of amides is 1. The molecule has 8 heteroatoms. The van der Waals surface area contributed by atoms with Crippen molar-refractivity contribution in [2.45, 2.75) is 95.4 Å². The van der Waals surface area contributed by atoms with Gasteiger partial charge < -0.3 is 4.90 Å². The van der Waals surface area contributed by atoms with E-state index in [1.807, 2.05) is 28.9 Å². The van der Waals surface area contributed by atoms with Crippen molar-refractivity contribution in [2.24, 2.45) is 23.2 Å². The Labute approximate surface area is 229 Å². The first-order valence-electron chi connectivity index (χ1n) is 14.5. The average Bonchev–Trinajstić information content (AvgIpc) is 3.50. The third-order valence-electron chi connectivity index (χ3n) is 9.93. The van der Waals surface area contributed by atoms with Gasteiger partial charge in [0.15, 0.2) is 0 Å². The Morgan fingerprint density at radius 3 is 2.26 bits per heavy atom. The highest BCUT2D eigenvalue weighted by Crippen LogP contribution is 2.60. The zero-order valence-corrected chi connectivity index (χ0v) is 23.5. The molecule has 1 unspecified atom stereocenters. The number of carbonyl (C=O) groups excluding carboxylic acids is 1. The number of benzene rings is 1. The average molecular weight is 543 g/mol. The van der Waals surface area contributed by atoms with Crippen LogP contribution in [0.5, 0.6) is 0 Å². The Morgan fingerprint density at radius 1 is 1.05 bits per heavy atom. The molecule has 0 radical (unpaired) electrons. The normalized spacial score (nSPS) is 34.0. The van der Waals surface area contributed by atoms with Gasteiger partial charge in [0.1, 0.15) is 0 Å². The first kappa shape index (κ1) is 26.9. The zero-order chi connectivity index (χ0) is 27.7. The molecule has 4 aliphatic carbocycles. The molecule has 39 heavy (non-hydrogen) atoms. The van der Waals surface area contributed by atoms with Crippen LogP contribution in [0.3, 0.4) is 0 Å². The molecule has 5 fully saturated rings. The minimum atomic E-state index is -4.43. The van der Waals surface area contributed by atoms with Crippen LogP contribution in [0.4, 0.5) is 13.2 Å². The van der Waals surface area contributed by atoms with Gasteiger partial charge in [0, 0.05) is 31.7 Å². The second-order valence-corrected chi connectivity index (χ2v) is 14.1. The smallest absolute Gasteiger partial charge is 0.344 e. The highest BCUT2D eigenvalue weighted by molar-refractivity contribution is 5.82. The Balaban J connectivity index is 1.25. The number of nitrogens with zero attached hydrogens (tertiary/aromatic N) is 3. The van der Waals surface area contributed by atoms with Gasteiger partial charge in [-0.1, -0.05) is 12.1 Å². The molecule has 1 aliphatic heterocycles. The molecule has 7 rings (SSSR count). The lowest BCUT2D eigenvalue weighted by Crippen LogP contribution is -2.53. The van der Waals surface area contributed by atoms with Crippen LogP contribution in [-0.2, 0) is 16.5 Å². The van der Waals surface area contributed by atoms with Crippen LogP contribution in [0, 0.1) is 23.2 Å². The monoisotopic (exact) mass is 542 g/mol. The second-order valence-electron chi connectivity index (χ2n) is 14.1. The molecule has 3 atom stereocenters. The van der Waals surface area contributed by atoms with E-state index in [-0.39, 0.29) is 22.8 Å². The quantitative estimate of drug-likeness (QED) is 0.468. The van der Waals surface area contributed by atoms with Gasteiger partial charge in [0.25, 0.3) is 0 Å². The second kappa shape index (κ2) is 9.35. The molecular formula is C31H41F3N4O. The maximum Gasteiger partial charge on any atom is 0.416 e. The molecule has 4 bridgehead atoms. The summed E-state index contributed by atoms with van der Waals surface area (Å²) in [6.07, 6.45) is 5.79. The topological polar surface area (TPSA) is 50.2 Å². The molecule has 1 N–H and O–H groups in total. The van der Waals surface area contributed by atoms with Crippen molar-refractivity contribution >= 4 is 5.91 Å². The van der Waals surface area contributed by atoms with Gasteiger partial charge in [0.05, 0.1) is 22.8 Å². The first-order valence-corrected chi connectivity index (χ1v) is 14.5. The molecule has 0 spiro atoms. The minimum absolute atomic E-state index is 0.0421. The van der Waals surface area contributed by atoms with Crippen LogP contribution in [0.15, 0.2) is 36.5 Å². The molecule has 1 amide bonds. The lowest BCUT2D eigenvalue weighted by atomic mass is 9.49. The summed E-state index contributed by atoms with van der Waals surface area (Å²) in [5.41, 5.74) is 0.694. The van der Waals surface area contributed by atoms with E-state index in [9.17, 15) is 18.0 Å². The molecule has 5 nitrogen and oxygen atoms in total. The van der Waals surface area contributed by atoms with Crippen LogP contribution in [0.25, 0.3) is 0 Å². The third kappa shape index (κ3) is 5.14. The fourth-order valence-electron chi connectivity index (χ4n) is 8.73. The van der Waals surface area contributed by atoms with E-state index in [4.69, 9.17) is 5.10 Å². The van der Waals surface area contributed by atoms with Gasteiger partial charge in [-0.25, -0.2) is 0 Å². The number of alkyl halides is 3. The van der Waals surface area contributed by atoms with Gasteiger partial charge in [0.2, 0.25) is 5.91 Å². The van der Waals surface area contributed by atoms with Gasteiger partial charge in [-0.05, 0) is 113 Å². The number of rotatable bonds is 5. The predicted molar refractivity (Wildman–Crippen MR) is 144 cm³/mol. The van der Waals surface area contributed by atoms with Gasteiger partial charge in [-0.2, -0.15) is 18.3 Å². The summed E-state index contributed by atoms with van der Waals surface area (Å²) in [5.74, 6) is 2.28. The fraction of sp³-hybridized carbons (Fsp3) is 0.677. The van der Waals surface area contributed by atoms with Crippen molar-refractivity contribution < 1.29 is 18.0 Å². The summed E-state index contributed by atoms with van der Waals surface area (Å²) in [7, 11) is 1.92. The van der Waals surface area contributed by atoms with Crippen molar-refractivity contribution in [3.8, 4) is 0 Å². The molecular weight excluding hydrogens is 501 g/mol. The number of hydrogen-bond acceptors (Lipinski definition) is 3. The lowest BCUT2D eigenvalue weighted by molar-refractivity contribution is -0.138. The van der Waals surface area contributed by atoms with Gasteiger partial charge >= 0.3 is 6.18 Å². The number of carbonyl (C=O) groups is 1. The molecule has 212 valence electrons. The maximum absolute atomic E-state index is 13.9. The minimum Gasteiger partial charge on any atom is -0.344 e. The van der Waals surface area contributed by atoms with E-state index >= 15 is 0 Å². The van der Waals surface area contributed by atoms with E-state index in [0.717, 1.165) is 36.1 Å². The Bertz CT molecular complexity index is 1190. The van der Waals surface area contributed by atoms with Crippen LogP contribution < -0.4 is 5.32 Å². The van der Waals surface area contributed by atoms with Crippen LogP contribution in [0.1, 0.15) is 94.5 Å². The molecule has 1 aromatic heterocycles. The Kier molecular flexibility index (Phi) is 6.44. The number of halogens is 3. The fourth-order valence-corrected chi connectivity index (χ4v) is 8.73. The summed E-state index contributed by atoms with van der Waals surface area (Å²) in [4.78, 5) is 15.8. The van der Waals surface area contributed by atoms with Crippen molar-refractivity contribution in [3.05, 3.63) is 53.3 Å². The SMILES string of the molecule is CN(CC12CC3CC(CC(C3)C1)C2)C(=O)[C@@H]1CC(c2ccn(C(C)(C)C)n2)[C@H](c2cccc(C(F)(F)F)c2)N1. The van der Waals surface area contributed by atoms with Crippen molar-refractivity contribution in [2.75, 3.05) is 13.6 Å². The van der Waals surface area contributed by atoms with E-state index in [1.54, 1.807) is 6.07 Å². The lowest BCUT2D eigenvalue weighted by Gasteiger charge is -2.57. The number of aromatic nitrogens is 2. The third-order valence-corrected chi connectivity index (χ3v) is 9.93. The maximum atomic E-state index is 13.9. The summed E-state index contributed by atoms with van der Waals surface area (Å²) in [6, 6.07) is 6.56. The van der Waals surface area contributed by atoms with Crippen LogP contribution in [-0.4, -0.2) is 40.2 Å². The van der Waals surface area contributed by atoms with Crippen molar-refractivity contribution in [1.29, 1.82) is 0 Å². The number of nitrogens with one attached hydrogen (secondary N) is 1. The van der Waals surface area contributed by atoms with Crippen LogP contribution in [0.2, 0.25) is 0 Å². The number of likely N-dealkylation sites (N-methyl/N-ethyl adjacent to an activating group) is 1. The molecule has 1 saturated heterocycles. The largest absolute Gasteiger partial charge is 0.416 e. The van der Waals surface area contributed by atoms with E-state index in [1.165, 1.54) is 50.7 Å². The summed E-state index contributed by atoms with van der Waals surface area (Å²) in [5, 5.41) is 8.29.